The molecular formula is C39H31N5O3. The summed E-state index contributed by atoms with van der Waals surface area (Å²) in [4.78, 5) is 41.4. The molecule has 0 bridgehead atoms. The van der Waals surface area contributed by atoms with Gasteiger partial charge in [-0.1, -0.05) is 109 Å². The van der Waals surface area contributed by atoms with Crippen LogP contribution in [0.1, 0.15) is 29.5 Å². The van der Waals surface area contributed by atoms with Gasteiger partial charge in [0.1, 0.15) is 0 Å². The molecule has 0 saturated carbocycles. The molecule has 2 unspecified atom stereocenters. The first-order valence-electron chi connectivity index (χ1n) is 15.4. The van der Waals surface area contributed by atoms with Crippen molar-refractivity contribution in [3.05, 3.63) is 162 Å². The number of amides is 3. The Labute approximate surface area is 272 Å². The first-order chi connectivity index (χ1) is 23.0. The molecule has 7 rings (SSSR count). The maximum absolute atomic E-state index is 14.8. The molecule has 3 amide bonds. The fourth-order valence-electron chi connectivity index (χ4n) is 6.35. The molecule has 5 aromatic rings. The molecule has 8 nitrogen and oxygen atoms in total. The van der Waals surface area contributed by atoms with Crippen molar-refractivity contribution in [1.29, 1.82) is 0 Å². The Hall–Kier alpha value is -6.15. The van der Waals surface area contributed by atoms with Crippen LogP contribution in [0.2, 0.25) is 0 Å². The Kier molecular flexibility index (Phi) is 7.98. The molecule has 1 N–H and O–H groups in total. The van der Waals surface area contributed by atoms with Crippen LogP contribution in [-0.4, -0.2) is 29.1 Å². The van der Waals surface area contributed by atoms with Crippen molar-refractivity contribution in [3.63, 3.8) is 0 Å². The SMILES string of the molecule is CC(=O)Nc1ccc(C(C2C(=O)N(c3ccccc3)N=C2c2ccccc2)C2C(=O)N(c3ccccc3)N=C2c2ccccc2)cc1. The summed E-state index contributed by atoms with van der Waals surface area (Å²) >= 11 is 0. The number of carbonyl (C=O) groups excluding carboxylic acids is 3. The second-order valence-electron chi connectivity index (χ2n) is 11.5. The summed E-state index contributed by atoms with van der Waals surface area (Å²) in [6, 6.07) is 45.2. The first kappa shape index (κ1) is 29.6. The Morgan fingerprint density at radius 1 is 0.574 bits per heavy atom. The van der Waals surface area contributed by atoms with Crippen LogP contribution in [0, 0.1) is 11.8 Å². The van der Waals surface area contributed by atoms with E-state index in [1.807, 2.05) is 133 Å². The maximum atomic E-state index is 14.8. The average Bonchev–Trinajstić information content (AvgIpc) is 3.64. The van der Waals surface area contributed by atoms with Gasteiger partial charge in [0.2, 0.25) is 5.91 Å². The van der Waals surface area contributed by atoms with Crippen LogP contribution in [0.4, 0.5) is 17.1 Å². The lowest BCUT2D eigenvalue weighted by molar-refractivity contribution is -0.122. The van der Waals surface area contributed by atoms with Crippen LogP contribution >= 0.6 is 0 Å². The summed E-state index contributed by atoms with van der Waals surface area (Å²) in [5.74, 6) is -3.08. The molecule has 0 aromatic heterocycles. The van der Waals surface area contributed by atoms with Gasteiger partial charge in [0.05, 0.1) is 34.6 Å². The van der Waals surface area contributed by atoms with Gasteiger partial charge in [-0.2, -0.15) is 20.2 Å². The van der Waals surface area contributed by atoms with E-state index in [9.17, 15) is 14.4 Å². The predicted molar refractivity (Wildman–Crippen MR) is 184 cm³/mol. The Balaban J connectivity index is 1.43. The van der Waals surface area contributed by atoms with Gasteiger partial charge in [-0.15, -0.1) is 0 Å². The fourth-order valence-corrected chi connectivity index (χ4v) is 6.35. The molecule has 0 aliphatic carbocycles. The summed E-state index contributed by atoms with van der Waals surface area (Å²) in [5.41, 5.74) is 5.32. The first-order valence-corrected chi connectivity index (χ1v) is 15.4. The second kappa shape index (κ2) is 12.7. The molecule has 0 spiro atoms. The molecule has 2 heterocycles. The van der Waals surface area contributed by atoms with E-state index in [0.29, 0.717) is 28.5 Å². The summed E-state index contributed by atoms with van der Waals surface area (Å²) in [5, 5.41) is 15.6. The minimum Gasteiger partial charge on any atom is -0.326 e. The summed E-state index contributed by atoms with van der Waals surface area (Å²) in [6.45, 7) is 1.45. The maximum Gasteiger partial charge on any atom is 0.257 e. The van der Waals surface area contributed by atoms with Gasteiger partial charge in [0.25, 0.3) is 11.8 Å². The van der Waals surface area contributed by atoms with E-state index >= 15 is 0 Å². The molecule has 2 atom stereocenters. The van der Waals surface area contributed by atoms with Crippen LogP contribution in [0.5, 0.6) is 0 Å². The van der Waals surface area contributed by atoms with Gasteiger partial charge in [-0.3, -0.25) is 14.4 Å². The fraction of sp³-hybridized carbons (Fsp3) is 0.103. The van der Waals surface area contributed by atoms with Gasteiger partial charge >= 0.3 is 0 Å². The lowest BCUT2D eigenvalue weighted by Gasteiger charge is -2.30. The zero-order valence-electron chi connectivity index (χ0n) is 25.6. The predicted octanol–water partition coefficient (Wildman–Crippen LogP) is 6.86. The number of carbonyl (C=O) groups is 3. The van der Waals surface area contributed by atoms with Crippen LogP contribution < -0.4 is 15.3 Å². The van der Waals surface area contributed by atoms with E-state index in [-0.39, 0.29) is 17.7 Å². The molecule has 0 fully saturated rings. The summed E-state index contributed by atoms with van der Waals surface area (Å²) in [6.07, 6.45) is 0. The third-order valence-electron chi connectivity index (χ3n) is 8.43. The van der Waals surface area contributed by atoms with E-state index in [0.717, 1.165) is 16.7 Å². The zero-order chi connectivity index (χ0) is 32.3. The minimum atomic E-state index is -0.845. The number of nitrogens with one attached hydrogen (secondary N) is 1. The van der Waals surface area contributed by atoms with Crippen LogP contribution in [0.25, 0.3) is 0 Å². The van der Waals surface area contributed by atoms with Crippen LogP contribution in [0.3, 0.4) is 0 Å². The number of anilines is 3. The molecule has 5 aromatic carbocycles. The number of rotatable bonds is 8. The van der Waals surface area contributed by atoms with Crippen molar-refractivity contribution >= 4 is 46.2 Å². The highest BCUT2D eigenvalue weighted by Gasteiger charge is 2.52. The van der Waals surface area contributed by atoms with E-state index < -0.39 is 17.8 Å². The smallest absolute Gasteiger partial charge is 0.257 e. The Bertz CT molecular complexity index is 1860. The summed E-state index contributed by atoms with van der Waals surface area (Å²) < 4.78 is 0. The Morgan fingerprint density at radius 3 is 1.34 bits per heavy atom. The number of benzene rings is 5. The summed E-state index contributed by atoms with van der Waals surface area (Å²) in [7, 11) is 0. The number of hydrogen-bond acceptors (Lipinski definition) is 5. The molecule has 2 aliphatic rings. The highest BCUT2D eigenvalue weighted by molar-refractivity contribution is 6.26. The quantitative estimate of drug-likeness (QED) is 0.206. The van der Waals surface area contributed by atoms with Crippen molar-refractivity contribution < 1.29 is 14.4 Å². The minimum absolute atomic E-state index is 0.194. The highest BCUT2D eigenvalue weighted by Crippen LogP contribution is 2.45. The highest BCUT2D eigenvalue weighted by atomic mass is 16.2. The van der Waals surface area contributed by atoms with Crippen molar-refractivity contribution in [1.82, 2.24) is 0 Å². The molecule has 0 radical (unpaired) electrons. The lowest BCUT2D eigenvalue weighted by Crippen LogP contribution is -2.41. The monoisotopic (exact) mass is 617 g/mol. The largest absolute Gasteiger partial charge is 0.326 e. The van der Waals surface area contributed by atoms with E-state index in [1.54, 1.807) is 12.1 Å². The van der Waals surface area contributed by atoms with Gasteiger partial charge in [-0.05, 0) is 53.1 Å². The third kappa shape index (κ3) is 5.73. The number of hydrazone groups is 2. The zero-order valence-corrected chi connectivity index (χ0v) is 25.6. The van der Waals surface area contributed by atoms with Gasteiger partial charge in [0.15, 0.2) is 0 Å². The molecule has 8 heteroatoms. The van der Waals surface area contributed by atoms with E-state index in [1.165, 1.54) is 16.9 Å². The normalized spacial score (nSPS) is 18.1. The number of hydrogen-bond donors (Lipinski definition) is 1. The van der Waals surface area contributed by atoms with Crippen molar-refractivity contribution in [2.75, 3.05) is 15.3 Å². The lowest BCUT2D eigenvalue weighted by atomic mass is 9.70. The Morgan fingerprint density at radius 2 is 0.957 bits per heavy atom. The van der Waals surface area contributed by atoms with Crippen molar-refractivity contribution in [3.8, 4) is 0 Å². The third-order valence-corrected chi connectivity index (χ3v) is 8.43. The van der Waals surface area contributed by atoms with Crippen molar-refractivity contribution in [2.24, 2.45) is 22.0 Å². The molecular weight excluding hydrogens is 586 g/mol. The van der Waals surface area contributed by atoms with Gasteiger partial charge in [0, 0.05) is 18.5 Å². The number of nitrogens with zero attached hydrogens (tertiary/aromatic N) is 4. The molecule has 0 saturated heterocycles. The standard InChI is InChI=1S/C39H31N5O3/c1-26(45)40-30-24-22-27(23-25-30)33(34-36(28-14-6-2-7-15-28)41-43(38(34)46)31-18-10-4-11-19-31)35-37(29-16-8-3-9-17-29)42-44(39(35)47)32-20-12-5-13-21-32/h2-25,33-35H,1H3,(H,40,45). The van der Waals surface area contributed by atoms with Crippen LogP contribution in [0.15, 0.2) is 156 Å². The topological polar surface area (TPSA) is 94.4 Å². The molecule has 47 heavy (non-hydrogen) atoms. The van der Waals surface area contributed by atoms with Crippen molar-refractivity contribution in [2.45, 2.75) is 12.8 Å². The molecule has 2 aliphatic heterocycles. The van der Waals surface area contributed by atoms with Crippen LogP contribution in [-0.2, 0) is 14.4 Å². The van der Waals surface area contributed by atoms with E-state index in [2.05, 4.69) is 5.32 Å². The van der Waals surface area contributed by atoms with Gasteiger partial charge < -0.3 is 5.32 Å². The number of para-hydroxylation sites is 2. The van der Waals surface area contributed by atoms with Gasteiger partial charge in [-0.25, -0.2) is 0 Å². The molecule has 230 valence electrons. The average molecular weight is 618 g/mol. The second-order valence-corrected chi connectivity index (χ2v) is 11.5. The van der Waals surface area contributed by atoms with E-state index in [4.69, 9.17) is 10.2 Å².